The molecule has 0 fully saturated rings. The number of amides is 1. The molecule has 1 heterocycles. The van der Waals surface area contributed by atoms with E-state index in [1.807, 2.05) is 0 Å². The highest BCUT2D eigenvalue weighted by molar-refractivity contribution is 7.99. The molecule has 7 nitrogen and oxygen atoms in total. The first kappa shape index (κ1) is 14.5. The maximum atomic E-state index is 11.4. The van der Waals surface area contributed by atoms with Gasteiger partial charge >= 0.3 is 5.97 Å². The summed E-state index contributed by atoms with van der Waals surface area (Å²) in [7, 11) is 0. The van der Waals surface area contributed by atoms with Gasteiger partial charge in [0, 0.05) is 24.0 Å². The van der Waals surface area contributed by atoms with Gasteiger partial charge in [-0.1, -0.05) is 5.16 Å². The van der Waals surface area contributed by atoms with Gasteiger partial charge in [-0.2, -0.15) is 11.8 Å². The lowest BCUT2D eigenvalue weighted by molar-refractivity contribution is -0.137. The van der Waals surface area contributed by atoms with Gasteiger partial charge in [0.25, 0.3) is 0 Å². The maximum Gasteiger partial charge on any atom is 0.321 e. The predicted octanol–water partition coefficient (Wildman–Crippen LogP) is 0.457. The minimum atomic E-state index is -1.04. The summed E-state index contributed by atoms with van der Waals surface area (Å²) in [5.41, 5.74) is 5.32. The zero-order valence-corrected chi connectivity index (χ0v) is 10.7. The number of hydrogen-bond acceptors (Lipinski definition) is 6. The standard InChI is InChI=1S/C10H15N3O4S/c1-6-4-8(13-17-6)12-9(14)2-3-18-5-7(11)10(15)16/h4,7H,2-3,5,11H2,1H3,(H,15,16)(H,12,13,14)/t7-/m1/s1. The van der Waals surface area contributed by atoms with Gasteiger partial charge in [0.05, 0.1) is 0 Å². The number of aromatic nitrogens is 1. The second kappa shape index (κ2) is 7.02. The Balaban J connectivity index is 2.16. The quantitative estimate of drug-likeness (QED) is 0.617. The van der Waals surface area contributed by atoms with Crippen LogP contribution in [0.25, 0.3) is 0 Å². The summed E-state index contributed by atoms with van der Waals surface area (Å²) in [4.78, 5) is 21.9. The summed E-state index contributed by atoms with van der Waals surface area (Å²) < 4.78 is 4.80. The van der Waals surface area contributed by atoms with Crippen molar-refractivity contribution in [3.8, 4) is 0 Å². The fourth-order valence-electron chi connectivity index (χ4n) is 1.08. The van der Waals surface area contributed by atoms with Gasteiger partial charge in [0.15, 0.2) is 5.82 Å². The van der Waals surface area contributed by atoms with Crippen molar-refractivity contribution in [1.29, 1.82) is 0 Å². The zero-order valence-electron chi connectivity index (χ0n) is 9.88. The third-order valence-corrected chi connectivity index (χ3v) is 3.07. The monoisotopic (exact) mass is 273 g/mol. The van der Waals surface area contributed by atoms with E-state index >= 15 is 0 Å². The number of carboxylic acids is 1. The van der Waals surface area contributed by atoms with Gasteiger partial charge in [0.1, 0.15) is 11.8 Å². The number of thioether (sulfide) groups is 1. The fourth-order valence-corrected chi connectivity index (χ4v) is 1.97. The molecule has 0 bridgehead atoms. The topological polar surface area (TPSA) is 118 Å². The lowest BCUT2D eigenvalue weighted by Crippen LogP contribution is -2.32. The molecule has 8 heteroatoms. The molecule has 4 N–H and O–H groups in total. The lowest BCUT2D eigenvalue weighted by Gasteiger charge is -2.05. The highest BCUT2D eigenvalue weighted by atomic mass is 32.2. The summed E-state index contributed by atoms with van der Waals surface area (Å²) in [6.07, 6.45) is 0.267. The largest absolute Gasteiger partial charge is 0.480 e. The van der Waals surface area contributed by atoms with E-state index in [4.69, 9.17) is 15.4 Å². The van der Waals surface area contributed by atoms with E-state index in [0.717, 1.165) is 0 Å². The molecular weight excluding hydrogens is 258 g/mol. The molecule has 0 radical (unpaired) electrons. The summed E-state index contributed by atoms with van der Waals surface area (Å²) in [5.74, 6) is 0.552. The van der Waals surface area contributed by atoms with E-state index in [1.54, 1.807) is 13.0 Å². The molecule has 1 aromatic heterocycles. The van der Waals surface area contributed by atoms with Crippen LogP contribution >= 0.6 is 11.8 Å². The van der Waals surface area contributed by atoms with E-state index in [0.29, 0.717) is 17.3 Å². The first-order chi connectivity index (χ1) is 8.49. The van der Waals surface area contributed by atoms with Crippen molar-refractivity contribution in [3.63, 3.8) is 0 Å². The van der Waals surface area contributed by atoms with Crippen molar-refractivity contribution < 1.29 is 19.2 Å². The van der Waals surface area contributed by atoms with Crippen LogP contribution in [0.2, 0.25) is 0 Å². The third kappa shape index (κ3) is 5.19. The van der Waals surface area contributed by atoms with Gasteiger partial charge in [0.2, 0.25) is 5.91 Å². The van der Waals surface area contributed by atoms with Crippen molar-refractivity contribution in [3.05, 3.63) is 11.8 Å². The van der Waals surface area contributed by atoms with E-state index < -0.39 is 12.0 Å². The SMILES string of the molecule is Cc1cc(NC(=O)CCSC[C@@H](N)C(=O)O)no1. The second-order valence-corrected chi connectivity index (χ2v) is 4.79. The average molecular weight is 273 g/mol. The average Bonchev–Trinajstić information content (AvgIpc) is 2.69. The first-order valence-corrected chi connectivity index (χ1v) is 6.44. The van der Waals surface area contributed by atoms with E-state index in [9.17, 15) is 9.59 Å². The Hall–Kier alpha value is -1.54. The molecule has 1 amide bonds. The van der Waals surface area contributed by atoms with Gasteiger partial charge in [-0.3, -0.25) is 9.59 Å². The molecule has 1 atom stereocenters. The Bertz CT molecular complexity index is 421. The minimum Gasteiger partial charge on any atom is -0.480 e. The molecule has 0 spiro atoms. The summed E-state index contributed by atoms with van der Waals surface area (Å²) >= 11 is 1.32. The van der Waals surface area contributed by atoms with Crippen LogP contribution in [-0.2, 0) is 9.59 Å². The Kier molecular flexibility index (Phi) is 5.66. The number of nitrogens with zero attached hydrogens (tertiary/aromatic N) is 1. The Morgan fingerprint density at radius 1 is 1.67 bits per heavy atom. The van der Waals surface area contributed by atoms with Crippen LogP contribution in [0.3, 0.4) is 0 Å². The molecule has 100 valence electrons. The van der Waals surface area contributed by atoms with Gasteiger partial charge < -0.3 is 20.7 Å². The highest BCUT2D eigenvalue weighted by Gasteiger charge is 2.11. The van der Waals surface area contributed by atoms with Crippen molar-refractivity contribution in [2.45, 2.75) is 19.4 Å². The van der Waals surface area contributed by atoms with Gasteiger partial charge in [-0.05, 0) is 6.92 Å². The van der Waals surface area contributed by atoms with Crippen molar-refractivity contribution >= 4 is 29.5 Å². The molecule has 0 saturated carbocycles. The number of rotatable bonds is 7. The molecule has 0 aromatic carbocycles. The molecule has 0 saturated heterocycles. The van der Waals surface area contributed by atoms with Crippen molar-refractivity contribution in [2.24, 2.45) is 5.73 Å². The highest BCUT2D eigenvalue weighted by Crippen LogP contribution is 2.09. The molecule has 1 rings (SSSR count). The van der Waals surface area contributed by atoms with Crippen LogP contribution in [0.1, 0.15) is 12.2 Å². The van der Waals surface area contributed by atoms with Crippen LogP contribution in [0, 0.1) is 6.92 Å². The Labute approximate surface area is 108 Å². The van der Waals surface area contributed by atoms with Crippen LogP contribution in [0.5, 0.6) is 0 Å². The van der Waals surface area contributed by atoms with Gasteiger partial charge in [-0.15, -0.1) is 0 Å². The Morgan fingerprint density at radius 2 is 2.39 bits per heavy atom. The van der Waals surface area contributed by atoms with Gasteiger partial charge in [-0.25, -0.2) is 0 Å². The molecule has 0 unspecified atom stereocenters. The molecule has 0 aliphatic heterocycles. The Morgan fingerprint density at radius 3 is 2.94 bits per heavy atom. The van der Waals surface area contributed by atoms with Crippen molar-refractivity contribution in [1.82, 2.24) is 5.16 Å². The number of nitrogens with two attached hydrogens (primary N) is 1. The summed E-state index contributed by atoms with van der Waals surface area (Å²) in [6.45, 7) is 1.73. The second-order valence-electron chi connectivity index (χ2n) is 3.64. The number of anilines is 1. The smallest absolute Gasteiger partial charge is 0.321 e. The normalized spacial score (nSPS) is 12.1. The zero-order chi connectivity index (χ0) is 13.5. The van der Waals surface area contributed by atoms with E-state index in [-0.39, 0.29) is 18.1 Å². The maximum absolute atomic E-state index is 11.4. The molecular formula is C10H15N3O4S. The molecule has 18 heavy (non-hydrogen) atoms. The fraction of sp³-hybridized carbons (Fsp3) is 0.500. The van der Waals surface area contributed by atoms with Crippen LogP contribution in [0.15, 0.2) is 10.6 Å². The number of aliphatic carboxylic acids is 1. The van der Waals surface area contributed by atoms with E-state index in [1.165, 1.54) is 11.8 Å². The number of carbonyl (C=O) groups is 2. The number of aryl methyl sites for hydroxylation is 1. The predicted molar refractivity (Wildman–Crippen MR) is 67.4 cm³/mol. The molecule has 1 aromatic rings. The third-order valence-electron chi connectivity index (χ3n) is 1.98. The number of carboxylic acid groups (broad SMARTS) is 1. The first-order valence-electron chi connectivity index (χ1n) is 5.28. The lowest BCUT2D eigenvalue weighted by atomic mass is 10.4. The summed E-state index contributed by atoms with van der Waals surface area (Å²) in [6, 6.07) is 0.724. The minimum absolute atomic E-state index is 0.195. The van der Waals surface area contributed by atoms with Crippen LogP contribution in [-0.4, -0.2) is 39.7 Å². The van der Waals surface area contributed by atoms with Crippen LogP contribution in [0.4, 0.5) is 5.82 Å². The molecule has 0 aliphatic rings. The summed E-state index contributed by atoms with van der Waals surface area (Å²) in [5, 5.41) is 14.7. The molecule has 0 aliphatic carbocycles. The van der Waals surface area contributed by atoms with Crippen LogP contribution < -0.4 is 11.1 Å². The number of nitrogens with one attached hydrogen (secondary N) is 1. The van der Waals surface area contributed by atoms with E-state index in [2.05, 4.69) is 10.5 Å². The number of carbonyl (C=O) groups excluding carboxylic acids is 1. The van der Waals surface area contributed by atoms with Crippen molar-refractivity contribution in [2.75, 3.05) is 16.8 Å². The number of hydrogen-bond donors (Lipinski definition) is 3.